The summed E-state index contributed by atoms with van der Waals surface area (Å²) in [6.07, 6.45) is 0.989. The SMILES string of the molecule is c1ccc(-c2nc(-c3cccc(-c4ccc5c(c4)-c4ccccc4C5)c3)nc(-c3ccc4c5ccccc5c5ccccc5c4c3)n2)cc1. The topological polar surface area (TPSA) is 38.7 Å². The third-order valence-electron chi connectivity index (χ3n) is 9.92. The molecule has 3 heteroatoms. The smallest absolute Gasteiger partial charge is 0.164 e. The Bertz CT molecular complexity index is 2710. The minimum atomic E-state index is 0.653. The van der Waals surface area contributed by atoms with E-state index in [1.54, 1.807) is 0 Å². The minimum Gasteiger partial charge on any atom is -0.208 e. The lowest BCUT2D eigenvalue weighted by Crippen LogP contribution is -2.00. The van der Waals surface area contributed by atoms with Gasteiger partial charge in [-0.3, -0.25) is 0 Å². The van der Waals surface area contributed by atoms with Crippen LogP contribution >= 0.6 is 0 Å². The second kappa shape index (κ2) is 11.1. The maximum absolute atomic E-state index is 5.15. The Morgan fingerprint density at radius 2 is 0.776 bits per heavy atom. The lowest BCUT2D eigenvalue weighted by atomic mass is 9.93. The number of nitrogens with zero attached hydrogens (tertiary/aromatic N) is 3. The first-order valence-electron chi connectivity index (χ1n) is 16.7. The molecule has 0 spiro atoms. The van der Waals surface area contributed by atoms with Gasteiger partial charge in [0.2, 0.25) is 0 Å². The summed E-state index contributed by atoms with van der Waals surface area (Å²) in [6, 6.07) is 58.3. The third kappa shape index (κ3) is 4.62. The van der Waals surface area contributed by atoms with Gasteiger partial charge in [0, 0.05) is 16.7 Å². The molecule has 0 N–H and O–H groups in total. The number of benzene rings is 8. The predicted octanol–water partition coefficient (Wildman–Crippen LogP) is 11.6. The van der Waals surface area contributed by atoms with Crippen molar-refractivity contribution in [3.63, 3.8) is 0 Å². The van der Waals surface area contributed by atoms with E-state index in [1.807, 2.05) is 18.2 Å². The summed E-state index contributed by atoms with van der Waals surface area (Å²) in [5.41, 5.74) is 10.6. The van der Waals surface area contributed by atoms with Crippen molar-refractivity contribution in [2.24, 2.45) is 0 Å². The monoisotopic (exact) mass is 623 g/mol. The first kappa shape index (κ1) is 27.6. The summed E-state index contributed by atoms with van der Waals surface area (Å²) in [5, 5.41) is 7.39. The van der Waals surface area contributed by atoms with Crippen molar-refractivity contribution in [3.8, 4) is 56.4 Å². The fourth-order valence-corrected chi connectivity index (χ4v) is 7.54. The molecule has 0 atom stereocenters. The molecule has 1 aromatic heterocycles. The Morgan fingerprint density at radius 3 is 1.51 bits per heavy atom. The molecule has 1 heterocycles. The van der Waals surface area contributed by atoms with E-state index in [0.717, 1.165) is 28.7 Å². The molecule has 0 fully saturated rings. The molecule has 8 aromatic carbocycles. The Kier molecular flexibility index (Phi) is 6.25. The summed E-state index contributed by atoms with van der Waals surface area (Å²) >= 11 is 0. The minimum absolute atomic E-state index is 0.653. The first-order chi connectivity index (χ1) is 24.3. The van der Waals surface area contributed by atoms with Crippen LogP contribution in [0.5, 0.6) is 0 Å². The molecule has 49 heavy (non-hydrogen) atoms. The van der Waals surface area contributed by atoms with E-state index in [1.165, 1.54) is 60.1 Å². The van der Waals surface area contributed by atoms with Gasteiger partial charge in [0.1, 0.15) is 0 Å². The fraction of sp³-hybridized carbons (Fsp3) is 0.0217. The largest absolute Gasteiger partial charge is 0.208 e. The van der Waals surface area contributed by atoms with Crippen molar-refractivity contribution in [1.29, 1.82) is 0 Å². The van der Waals surface area contributed by atoms with E-state index in [0.29, 0.717) is 17.5 Å². The average Bonchev–Trinajstić information content (AvgIpc) is 3.56. The molecule has 0 bridgehead atoms. The normalized spacial score (nSPS) is 12.0. The Morgan fingerprint density at radius 1 is 0.286 bits per heavy atom. The van der Waals surface area contributed by atoms with Crippen molar-refractivity contribution in [2.75, 3.05) is 0 Å². The zero-order valence-electron chi connectivity index (χ0n) is 26.6. The van der Waals surface area contributed by atoms with Gasteiger partial charge >= 0.3 is 0 Å². The average molecular weight is 624 g/mol. The number of aromatic nitrogens is 3. The van der Waals surface area contributed by atoms with Crippen LogP contribution in [-0.2, 0) is 6.42 Å². The second-order valence-electron chi connectivity index (χ2n) is 12.8. The van der Waals surface area contributed by atoms with Crippen LogP contribution < -0.4 is 0 Å². The summed E-state index contributed by atoms with van der Waals surface area (Å²) < 4.78 is 0. The van der Waals surface area contributed by atoms with Gasteiger partial charge < -0.3 is 0 Å². The Labute approximate surface area is 284 Å². The molecular weight excluding hydrogens is 595 g/mol. The van der Waals surface area contributed by atoms with Gasteiger partial charge in [0.15, 0.2) is 17.5 Å². The van der Waals surface area contributed by atoms with E-state index in [2.05, 4.69) is 146 Å². The van der Waals surface area contributed by atoms with Crippen molar-refractivity contribution in [3.05, 3.63) is 175 Å². The van der Waals surface area contributed by atoms with Crippen LogP contribution in [0.3, 0.4) is 0 Å². The molecule has 0 aliphatic heterocycles. The highest BCUT2D eigenvalue weighted by Crippen LogP contribution is 2.40. The number of hydrogen-bond donors (Lipinski definition) is 0. The van der Waals surface area contributed by atoms with E-state index < -0.39 is 0 Å². The van der Waals surface area contributed by atoms with Crippen molar-refractivity contribution < 1.29 is 0 Å². The Hall–Kier alpha value is -6.45. The maximum atomic E-state index is 5.15. The molecule has 0 unspecified atom stereocenters. The summed E-state index contributed by atoms with van der Waals surface area (Å²) in [4.78, 5) is 15.3. The molecular formula is C46H29N3. The molecule has 228 valence electrons. The molecule has 1 aliphatic carbocycles. The first-order valence-corrected chi connectivity index (χ1v) is 16.7. The van der Waals surface area contributed by atoms with Gasteiger partial charge in [0.05, 0.1) is 0 Å². The third-order valence-corrected chi connectivity index (χ3v) is 9.92. The van der Waals surface area contributed by atoms with Crippen LogP contribution in [-0.4, -0.2) is 15.0 Å². The highest BCUT2D eigenvalue weighted by atomic mass is 15.0. The lowest BCUT2D eigenvalue weighted by Gasteiger charge is -2.13. The van der Waals surface area contributed by atoms with Crippen LogP contribution in [0, 0.1) is 0 Å². The molecule has 0 amide bonds. The van der Waals surface area contributed by atoms with Gasteiger partial charge in [-0.05, 0) is 90.3 Å². The molecule has 10 rings (SSSR count). The van der Waals surface area contributed by atoms with Gasteiger partial charge in [0.25, 0.3) is 0 Å². The molecule has 1 aliphatic rings. The predicted molar refractivity (Wildman–Crippen MR) is 202 cm³/mol. The van der Waals surface area contributed by atoms with E-state index >= 15 is 0 Å². The fourth-order valence-electron chi connectivity index (χ4n) is 7.54. The van der Waals surface area contributed by atoms with Crippen molar-refractivity contribution in [2.45, 2.75) is 6.42 Å². The molecule has 0 radical (unpaired) electrons. The quantitative estimate of drug-likeness (QED) is 0.183. The van der Waals surface area contributed by atoms with Gasteiger partial charge in [-0.15, -0.1) is 0 Å². The van der Waals surface area contributed by atoms with Crippen LogP contribution in [0.1, 0.15) is 11.1 Å². The lowest BCUT2D eigenvalue weighted by molar-refractivity contribution is 1.07. The number of fused-ring (bicyclic) bond motifs is 9. The summed E-state index contributed by atoms with van der Waals surface area (Å²) in [6.45, 7) is 0. The molecule has 0 saturated carbocycles. The van der Waals surface area contributed by atoms with Gasteiger partial charge in [-0.2, -0.15) is 0 Å². The van der Waals surface area contributed by atoms with Crippen LogP contribution in [0.4, 0.5) is 0 Å². The standard InChI is InChI=1S/C46H29N3/c1-2-11-29(12-3-1)44-47-45(34-15-10-14-30(25-34)31-21-22-33-26-32-13-4-5-16-36(32)42(33)27-31)49-46(48-44)35-23-24-41-39-19-7-6-17-37(39)38-18-8-9-20-40(38)43(41)28-35/h1-25,27-28H,26H2. The van der Waals surface area contributed by atoms with E-state index in [4.69, 9.17) is 15.0 Å². The maximum Gasteiger partial charge on any atom is 0.164 e. The zero-order chi connectivity index (χ0) is 32.3. The molecule has 0 saturated heterocycles. The van der Waals surface area contributed by atoms with Crippen LogP contribution in [0.15, 0.2) is 164 Å². The van der Waals surface area contributed by atoms with Crippen molar-refractivity contribution in [1.82, 2.24) is 15.0 Å². The van der Waals surface area contributed by atoms with Crippen LogP contribution in [0.25, 0.3) is 88.7 Å². The Balaban J connectivity index is 1.13. The molecule has 9 aromatic rings. The van der Waals surface area contributed by atoms with Crippen molar-refractivity contribution >= 4 is 32.3 Å². The number of rotatable bonds is 4. The zero-order valence-corrected chi connectivity index (χ0v) is 26.6. The van der Waals surface area contributed by atoms with E-state index in [9.17, 15) is 0 Å². The highest BCUT2D eigenvalue weighted by Gasteiger charge is 2.19. The number of hydrogen-bond acceptors (Lipinski definition) is 3. The summed E-state index contributed by atoms with van der Waals surface area (Å²) in [7, 11) is 0. The highest BCUT2D eigenvalue weighted by molar-refractivity contribution is 6.25. The molecule has 3 nitrogen and oxygen atoms in total. The van der Waals surface area contributed by atoms with Gasteiger partial charge in [-0.25, -0.2) is 15.0 Å². The summed E-state index contributed by atoms with van der Waals surface area (Å²) in [5.74, 6) is 1.96. The van der Waals surface area contributed by atoms with E-state index in [-0.39, 0.29) is 0 Å². The van der Waals surface area contributed by atoms with Gasteiger partial charge in [-0.1, -0.05) is 146 Å². The van der Waals surface area contributed by atoms with Crippen LogP contribution in [0.2, 0.25) is 0 Å². The second-order valence-corrected chi connectivity index (χ2v) is 12.8.